The number of thiophene rings is 1. The van der Waals surface area contributed by atoms with Crippen LogP contribution in [0.3, 0.4) is 0 Å². The van der Waals surface area contributed by atoms with Gasteiger partial charge in [0.2, 0.25) is 11.5 Å². The van der Waals surface area contributed by atoms with Crippen molar-refractivity contribution in [2.45, 2.75) is 6.54 Å². The number of ether oxygens (including phenoxy) is 3. The maximum atomic E-state index is 12.3. The first-order valence-electron chi connectivity index (χ1n) is 8.57. The molecule has 8 nitrogen and oxygen atoms in total. The SMILES string of the molecule is COc1cc(NC(=O)NCc2ccc(C(=O)c3ccco3)s2)cc(OC)c1OC. The van der Waals surface area contributed by atoms with Crippen LogP contribution in [0.5, 0.6) is 17.2 Å². The van der Waals surface area contributed by atoms with Crippen molar-refractivity contribution in [3.05, 3.63) is 58.2 Å². The molecule has 0 aliphatic heterocycles. The molecule has 0 unspecified atom stereocenters. The van der Waals surface area contributed by atoms with Crippen LogP contribution in [0.4, 0.5) is 10.5 Å². The highest BCUT2D eigenvalue weighted by Crippen LogP contribution is 2.39. The van der Waals surface area contributed by atoms with Crippen LogP contribution in [-0.2, 0) is 6.54 Å². The molecule has 0 aliphatic carbocycles. The van der Waals surface area contributed by atoms with Gasteiger partial charge in [-0.1, -0.05) is 0 Å². The number of methoxy groups -OCH3 is 3. The maximum absolute atomic E-state index is 12.3. The molecule has 0 spiro atoms. The number of ketones is 1. The van der Waals surface area contributed by atoms with E-state index < -0.39 is 6.03 Å². The molecular formula is C20H20N2O6S. The number of anilines is 1. The fourth-order valence-electron chi connectivity index (χ4n) is 2.62. The molecule has 0 radical (unpaired) electrons. The maximum Gasteiger partial charge on any atom is 0.319 e. The van der Waals surface area contributed by atoms with E-state index in [2.05, 4.69) is 10.6 Å². The number of nitrogens with one attached hydrogen (secondary N) is 2. The summed E-state index contributed by atoms with van der Waals surface area (Å²) in [4.78, 5) is 25.9. The number of carbonyl (C=O) groups excluding carboxylic acids is 2. The van der Waals surface area contributed by atoms with Gasteiger partial charge in [0.25, 0.3) is 0 Å². The van der Waals surface area contributed by atoms with Gasteiger partial charge in [-0.05, 0) is 24.3 Å². The molecule has 0 bridgehead atoms. The van der Waals surface area contributed by atoms with E-state index in [-0.39, 0.29) is 18.1 Å². The molecule has 2 amide bonds. The third-order valence-electron chi connectivity index (χ3n) is 3.98. The fourth-order valence-corrected chi connectivity index (χ4v) is 3.51. The standard InChI is InChI=1S/C20H20N2O6S/c1-25-15-9-12(10-16(26-2)19(15)27-3)22-20(24)21-11-13-6-7-17(29-13)18(23)14-5-4-8-28-14/h4-10H,11H2,1-3H3,(H2,21,22,24). The van der Waals surface area contributed by atoms with Gasteiger partial charge in [-0.15, -0.1) is 11.3 Å². The van der Waals surface area contributed by atoms with Gasteiger partial charge in [0.15, 0.2) is 17.3 Å². The minimum atomic E-state index is -0.411. The molecular weight excluding hydrogens is 396 g/mol. The Balaban J connectivity index is 1.61. The second kappa shape index (κ2) is 9.16. The molecule has 0 atom stereocenters. The first-order chi connectivity index (χ1) is 14.0. The number of rotatable bonds is 8. The van der Waals surface area contributed by atoms with E-state index in [0.29, 0.717) is 27.8 Å². The summed E-state index contributed by atoms with van der Waals surface area (Å²) in [7, 11) is 4.51. The number of amides is 2. The van der Waals surface area contributed by atoms with Crippen LogP contribution in [0, 0.1) is 0 Å². The summed E-state index contributed by atoms with van der Waals surface area (Å²) in [5.41, 5.74) is 0.483. The lowest BCUT2D eigenvalue weighted by molar-refractivity contribution is 0.101. The highest BCUT2D eigenvalue weighted by atomic mass is 32.1. The molecule has 2 aromatic heterocycles. The van der Waals surface area contributed by atoms with Gasteiger partial charge in [-0.25, -0.2) is 4.79 Å². The Morgan fingerprint density at radius 3 is 2.34 bits per heavy atom. The Hall–Kier alpha value is -3.46. The Labute approximate surface area is 171 Å². The van der Waals surface area contributed by atoms with Crippen molar-refractivity contribution >= 4 is 28.8 Å². The van der Waals surface area contributed by atoms with Crippen LogP contribution in [-0.4, -0.2) is 33.1 Å². The molecule has 29 heavy (non-hydrogen) atoms. The molecule has 3 rings (SSSR count). The Bertz CT molecular complexity index is 971. The number of hydrogen-bond donors (Lipinski definition) is 2. The first-order valence-corrected chi connectivity index (χ1v) is 9.39. The van der Waals surface area contributed by atoms with Gasteiger partial charge in [0, 0.05) is 17.0 Å². The van der Waals surface area contributed by atoms with Gasteiger partial charge < -0.3 is 29.3 Å². The minimum Gasteiger partial charge on any atom is -0.493 e. The van der Waals surface area contributed by atoms with Crippen molar-refractivity contribution in [2.75, 3.05) is 26.6 Å². The molecule has 0 saturated carbocycles. The van der Waals surface area contributed by atoms with Crippen LogP contribution in [0.2, 0.25) is 0 Å². The molecule has 152 valence electrons. The molecule has 3 aromatic rings. The monoisotopic (exact) mass is 416 g/mol. The van der Waals surface area contributed by atoms with Gasteiger partial charge in [0.05, 0.1) is 44.7 Å². The van der Waals surface area contributed by atoms with Crippen LogP contribution in [0.25, 0.3) is 0 Å². The lowest BCUT2D eigenvalue weighted by Gasteiger charge is -2.14. The summed E-state index contributed by atoms with van der Waals surface area (Å²) in [5, 5.41) is 5.47. The number of benzene rings is 1. The van der Waals surface area contributed by atoms with E-state index in [1.807, 2.05) is 0 Å². The Morgan fingerprint density at radius 2 is 1.76 bits per heavy atom. The summed E-state index contributed by atoms with van der Waals surface area (Å²) in [6, 6.07) is 9.64. The van der Waals surface area contributed by atoms with Gasteiger partial charge in [-0.3, -0.25) is 4.79 Å². The number of furan rings is 1. The van der Waals surface area contributed by atoms with Crippen molar-refractivity contribution in [2.24, 2.45) is 0 Å². The van der Waals surface area contributed by atoms with Crippen LogP contribution >= 0.6 is 11.3 Å². The summed E-state index contributed by atoms with van der Waals surface area (Å²) in [6.45, 7) is 0.270. The molecule has 0 fully saturated rings. The first kappa shape index (κ1) is 20.3. The summed E-state index contributed by atoms with van der Waals surface area (Å²) in [5.74, 6) is 1.40. The minimum absolute atomic E-state index is 0.187. The van der Waals surface area contributed by atoms with Crippen molar-refractivity contribution in [3.8, 4) is 17.2 Å². The largest absolute Gasteiger partial charge is 0.493 e. The molecule has 1 aromatic carbocycles. The van der Waals surface area contributed by atoms with Crippen molar-refractivity contribution in [1.82, 2.24) is 5.32 Å². The molecule has 0 saturated heterocycles. The van der Waals surface area contributed by atoms with Crippen molar-refractivity contribution in [3.63, 3.8) is 0 Å². The van der Waals surface area contributed by atoms with Crippen molar-refractivity contribution in [1.29, 1.82) is 0 Å². The average Bonchev–Trinajstić information content (AvgIpc) is 3.43. The van der Waals surface area contributed by atoms with Crippen molar-refractivity contribution < 1.29 is 28.2 Å². The van der Waals surface area contributed by atoms with E-state index in [4.69, 9.17) is 18.6 Å². The average molecular weight is 416 g/mol. The molecule has 2 N–H and O–H groups in total. The zero-order valence-corrected chi connectivity index (χ0v) is 16.9. The highest BCUT2D eigenvalue weighted by molar-refractivity contribution is 7.14. The topological polar surface area (TPSA) is 99.0 Å². The molecule has 9 heteroatoms. The predicted octanol–water partition coefficient (Wildman–Crippen LogP) is 3.92. The summed E-state index contributed by atoms with van der Waals surface area (Å²) >= 11 is 1.30. The zero-order chi connectivity index (χ0) is 20.8. The van der Waals surface area contributed by atoms with Crippen LogP contribution in [0.1, 0.15) is 20.3 Å². The molecule has 2 heterocycles. The smallest absolute Gasteiger partial charge is 0.319 e. The molecule has 0 aliphatic rings. The third-order valence-corrected chi connectivity index (χ3v) is 5.06. The Morgan fingerprint density at radius 1 is 1.03 bits per heavy atom. The lowest BCUT2D eigenvalue weighted by Crippen LogP contribution is -2.27. The highest BCUT2D eigenvalue weighted by Gasteiger charge is 2.16. The van der Waals surface area contributed by atoms with Gasteiger partial charge in [-0.2, -0.15) is 0 Å². The van der Waals surface area contributed by atoms with E-state index in [1.54, 1.807) is 36.4 Å². The van der Waals surface area contributed by atoms with E-state index in [1.165, 1.54) is 38.9 Å². The van der Waals surface area contributed by atoms with E-state index >= 15 is 0 Å². The third kappa shape index (κ3) is 4.69. The fraction of sp³-hybridized carbons (Fsp3) is 0.200. The predicted molar refractivity (Wildman–Crippen MR) is 108 cm³/mol. The zero-order valence-electron chi connectivity index (χ0n) is 16.1. The quantitative estimate of drug-likeness (QED) is 0.540. The van der Waals surface area contributed by atoms with Crippen LogP contribution < -0.4 is 24.8 Å². The van der Waals surface area contributed by atoms with Gasteiger partial charge in [0.1, 0.15) is 0 Å². The number of urea groups is 1. The van der Waals surface area contributed by atoms with E-state index in [0.717, 1.165) is 4.88 Å². The summed E-state index contributed by atoms with van der Waals surface area (Å²) in [6.07, 6.45) is 1.46. The Kier molecular flexibility index (Phi) is 6.40. The summed E-state index contributed by atoms with van der Waals surface area (Å²) < 4.78 is 20.9. The lowest BCUT2D eigenvalue weighted by atomic mass is 10.2. The van der Waals surface area contributed by atoms with E-state index in [9.17, 15) is 9.59 Å². The second-order valence-electron chi connectivity index (χ2n) is 5.79. The van der Waals surface area contributed by atoms with Crippen LogP contribution in [0.15, 0.2) is 47.1 Å². The number of carbonyl (C=O) groups is 2. The normalized spacial score (nSPS) is 10.3. The number of hydrogen-bond acceptors (Lipinski definition) is 7. The second-order valence-corrected chi connectivity index (χ2v) is 6.96. The van der Waals surface area contributed by atoms with Gasteiger partial charge >= 0.3 is 6.03 Å².